The topological polar surface area (TPSA) is 75.8 Å². The van der Waals surface area contributed by atoms with E-state index in [0.29, 0.717) is 22.9 Å². The molecule has 1 fully saturated rings. The lowest BCUT2D eigenvalue weighted by Gasteiger charge is -2.32. The molecule has 0 aliphatic carbocycles. The first-order chi connectivity index (χ1) is 13.7. The molecular formula is C22H25BN2O4. The quantitative estimate of drug-likeness (QED) is 0.536. The molecule has 7 heteroatoms. The molecule has 0 unspecified atom stereocenters. The molecule has 3 aromatic rings. The zero-order valence-corrected chi connectivity index (χ0v) is 17.4. The average Bonchev–Trinajstić information content (AvgIpc) is 2.90. The third-order valence-electron chi connectivity index (χ3n) is 5.67. The first-order valence-electron chi connectivity index (χ1n) is 9.56. The number of pyridine rings is 1. The van der Waals surface area contributed by atoms with Gasteiger partial charge in [-0.05, 0) is 64.1 Å². The van der Waals surface area contributed by atoms with Crippen LogP contribution in [0.25, 0.3) is 10.9 Å². The normalized spacial score (nSPS) is 17.5. The molecule has 2 aromatic carbocycles. The van der Waals surface area contributed by atoms with Gasteiger partial charge in [0.2, 0.25) is 0 Å². The van der Waals surface area contributed by atoms with Crippen molar-refractivity contribution in [2.45, 2.75) is 38.9 Å². The number of anilines is 1. The number of hydrogen-bond donors (Lipinski definition) is 1. The van der Waals surface area contributed by atoms with Gasteiger partial charge in [-0.15, -0.1) is 0 Å². The summed E-state index contributed by atoms with van der Waals surface area (Å²) in [5, 5.41) is 0.842. The SMILES string of the molecule is COc1cc2nccc(Oc3ccc(N)cc3)c2cc1B1OC(C)(C)C(C)(C)O1. The number of ether oxygens (including phenoxy) is 2. The summed E-state index contributed by atoms with van der Waals surface area (Å²) < 4.78 is 24.2. The maximum absolute atomic E-state index is 6.24. The van der Waals surface area contributed by atoms with Crippen LogP contribution in [0.15, 0.2) is 48.7 Å². The van der Waals surface area contributed by atoms with Crippen molar-refractivity contribution in [1.29, 1.82) is 0 Å². The Hall–Kier alpha value is -2.77. The van der Waals surface area contributed by atoms with Gasteiger partial charge in [-0.25, -0.2) is 0 Å². The van der Waals surface area contributed by atoms with Gasteiger partial charge >= 0.3 is 7.12 Å². The molecule has 2 N–H and O–H groups in total. The van der Waals surface area contributed by atoms with E-state index in [2.05, 4.69) is 4.98 Å². The van der Waals surface area contributed by atoms with Crippen molar-refractivity contribution >= 4 is 29.2 Å². The monoisotopic (exact) mass is 392 g/mol. The molecule has 4 rings (SSSR count). The third kappa shape index (κ3) is 3.52. The molecule has 150 valence electrons. The standard InChI is InChI=1S/C22H25BN2O4/c1-21(2)22(3,4)29-23(28-21)17-12-16-18(13-20(17)26-5)25-11-10-19(16)27-15-8-6-14(24)7-9-15/h6-13H,24H2,1-5H3. The van der Waals surface area contributed by atoms with Gasteiger partial charge in [-0.1, -0.05) is 0 Å². The van der Waals surface area contributed by atoms with E-state index in [-0.39, 0.29) is 0 Å². The highest BCUT2D eigenvalue weighted by Gasteiger charge is 2.52. The van der Waals surface area contributed by atoms with E-state index >= 15 is 0 Å². The molecule has 0 amide bonds. The molecule has 1 aromatic heterocycles. The van der Waals surface area contributed by atoms with Crippen molar-refractivity contribution in [1.82, 2.24) is 4.98 Å². The van der Waals surface area contributed by atoms with Crippen LogP contribution >= 0.6 is 0 Å². The maximum atomic E-state index is 6.24. The van der Waals surface area contributed by atoms with Crippen LogP contribution in [0.4, 0.5) is 5.69 Å². The van der Waals surface area contributed by atoms with E-state index in [0.717, 1.165) is 16.4 Å². The van der Waals surface area contributed by atoms with E-state index in [1.165, 1.54) is 0 Å². The predicted molar refractivity (Wildman–Crippen MR) is 115 cm³/mol. The van der Waals surface area contributed by atoms with E-state index in [9.17, 15) is 0 Å². The van der Waals surface area contributed by atoms with Crippen LogP contribution in [0.3, 0.4) is 0 Å². The molecule has 2 heterocycles. The Bertz CT molecular complexity index is 1030. The number of rotatable bonds is 4. The molecule has 1 saturated heterocycles. The Morgan fingerprint density at radius 1 is 0.931 bits per heavy atom. The number of benzene rings is 2. The lowest BCUT2D eigenvalue weighted by Crippen LogP contribution is -2.41. The molecule has 29 heavy (non-hydrogen) atoms. The number of nitrogens with two attached hydrogens (primary N) is 1. The predicted octanol–water partition coefficient (Wildman–Crippen LogP) is 3.92. The van der Waals surface area contributed by atoms with Crippen molar-refractivity contribution < 1.29 is 18.8 Å². The highest BCUT2D eigenvalue weighted by molar-refractivity contribution is 6.63. The lowest BCUT2D eigenvalue weighted by atomic mass is 9.77. The summed E-state index contributed by atoms with van der Waals surface area (Å²) in [4.78, 5) is 4.47. The second-order valence-electron chi connectivity index (χ2n) is 8.18. The number of nitrogens with zero attached hydrogens (tertiary/aromatic N) is 1. The van der Waals surface area contributed by atoms with Crippen molar-refractivity contribution in [2.75, 3.05) is 12.8 Å². The van der Waals surface area contributed by atoms with Gasteiger partial charge in [-0.2, -0.15) is 0 Å². The molecule has 6 nitrogen and oxygen atoms in total. The molecule has 0 atom stereocenters. The summed E-state index contributed by atoms with van der Waals surface area (Å²) in [6.45, 7) is 8.10. The maximum Gasteiger partial charge on any atom is 0.498 e. The summed E-state index contributed by atoms with van der Waals surface area (Å²) in [5.74, 6) is 2.04. The zero-order valence-electron chi connectivity index (χ0n) is 17.4. The fraction of sp³-hybridized carbons (Fsp3) is 0.318. The van der Waals surface area contributed by atoms with E-state index in [1.807, 2.05) is 58.0 Å². The smallest absolute Gasteiger partial charge is 0.497 e. The summed E-state index contributed by atoms with van der Waals surface area (Å²) in [6, 6.07) is 13.0. The van der Waals surface area contributed by atoms with Crippen LogP contribution in [0.2, 0.25) is 0 Å². The van der Waals surface area contributed by atoms with Crippen LogP contribution in [0.1, 0.15) is 27.7 Å². The molecule has 1 aliphatic rings. The van der Waals surface area contributed by atoms with Gasteiger partial charge in [0, 0.05) is 28.8 Å². The minimum Gasteiger partial charge on any atom is -0.497 e. The minimum atomic E-state index is -0.552. The second kappa shape index (κ2) is 6.93. The molecule has 0 bridgehead atoms. The van der Waals surface area contributed by atoms with Crippen LogP contribution in [-0.4, -0.2) is 30.4 Å². The van der Waals surface area contributed by atoms with Crippen LogP contribution in [-0.2, 0) is 9.31 Å². The Morgan fingerprint density at radius 3 is 2.21 bits per heavy atom. The Morgan fingerprint density at radius 2 is 1.59 bits per heavy atom. The van der Waals surface area contributed by atoms with Gasteiger partial charge < -0.3 is 24.5 Å². The van der Waals surface area contributed by atoms with Crippen molar-refractivity contribution in [3.05, 3.63) is 48.7 Å². The molecule has 0 saturated carbocycles. The Labute approximate surface area is 171 Å². The fourth-order valence-electron chi connectivity index (χ4n) is 3.25. The number of methoxy groups -OCH3 is 1. The van der Waals surface area contributed by atoms with Gasteiger partial charge in [0.1, 0.15) is 17.2 Å². The molecular weight excluding hydrogens is 367 g/mol. The van der Waals surface area contributed by atoms with Gasteiger partial charge in [0.05, 0.1) is 23.8 Å². The average molecular weight is 392 g/mol. The minimum absolute atomic E-state index is 0.449. The molecule has 0 spiro atoms. The van der Waals surface area contributed by atoms with E-state index in [1.54, 1.807) is 25.4 Å². The van der Waals surface area contributed by atoms with E-state index in [4.69, 9.17) is 24.5 Å². The summed E-state index contributed by atoms with van der Waals surface area (Å²) in [5.41, 5.74) is 7.12. The first kappa shape index (κ1) is 19.5. The summed E-state index contributed by atoms with van der Waals surface area (Å²) in [6.07, 6.45) is 1.71. The largest absolute Gasteiger partial charge is 0.498 e. The number of nitrogen functional groups attached to an aromatic ring is 1. The van der Waals surface area contributed by atoms with Crippen molar-refractivity contribution in [2.24, 2.45) is 0 Å². The van der Waals surface area contributed by atoms with Crippen molar-refractivity contribution in [3.8, 4) is 17.2 Å². The lowest BCUT2D eigenvalue weighted by molar-refractivity contribution is 0.00578. The number of hydrogen-bond acceptors (Lipinski definition) is 6. The van der Waals surface area contributed by atoms with E-state index < -0.39 is 18.3 Å². The second-order valence-corrected chi connectivity index (χ2v) is 8.18. The molecule has 1 aliphatic heterocycles. The number of fused-ring (bicyclic) bond motifs is 1. The highest BCUT2D eigenvalue weighted by Crippen LogP contribution is 2.38. The number of aromatic nitrogens is 1. The summed E-state index contributed by atoms with van der Waals surface area (Å²) in [7, 11) is 1.08. The van der Waals surface area contributed by atoms with Crippen LogP contribution in [0.5, 0.6) is 17.2 Å². The highest BCUT2D eigenvalue weighted by atomic mass is 16.7. The van der Waals surface area contributed by atoms with Crippen LogP contribution < -0.4 is 20.7 Å². The first-order valence-corrected chi connectivity index (χ1v) is 9.56. The van der Waals surface area contributed by atoms with Gasteiger partial charge in [0.25, 0.3) is 0 Å². The summed E-state index contributed by atoms with van der Waals surface area (Å²) >= 11 is 0. The Balaban J connectivity index is 1.78. The molecule has 0 radical (unpaired) electrons. The van der Waals surface area contributed by atoms with Gasteiger partial charge in [-0.3, -0.25) is 4.98 Å². The van der Waals surface area contributed by atoms with Crippen LogP contribution in [0, 0.1) is 0 Å². The fourth-order valence-corrected chi connectivity index (χ4v) is 3.25. The Kier molecular flexibility index (Phi) is 4.67. The third-order valence-corrected chi connectivity index (χ3v) is 5.67. The zero-order chi connectivity index (χ0) is 20.8. The van der Waals surface area contributed by atoms with Gasteiger partial charge in [0.15, 0.2) is 0 Å². The van der Waals surface area contributed by atoms with Crippen molar-refractivity contribution in [3.63, 3.8) is 0 Å².